The predicted molar refractivity (Wildman–Crippen MR) is 166 cm³/mol. The summed E-state index contributed by atoms with van der Waals surface area (Å²) in [5, 5.41) is 28.1. The van der Waals surface area contributed by atoms with Crippen LogP contribution < -0.4 is 10.6 Å². The van der Waals surface area contributed by atoms with Crippen molar-refractivity contribution in [2.75, 3.05) is 13.1 Å². The van der Waals surface area contributed by atoms with Gasteiger partial charge in [0, 0.05) is 13.0 Å². The second-order valence-corrected chi connectivity index (χ2v) is 11.5. The summed E-state index contributed by atoms with van der Waals surface area (Å²) in [5.74, 6) is -0.0297. The summed E-state index contributed by atoms with van der Waals surface area (Å²) >= 11 is 0. The molecule has 0 aliphatic rings. The van der Waals surface area contributed by atoms with E-state index in [0.717, 1.165) is 45.1 Å². The summed E-state index contributed by atoms with van der Waals surface area (Å²) < 4.78 is 0. The average molecular weight is 547 g/mol. The van der Waals surface area contributed by atoms with Crippen LogP contribution in [0.3, 0.4) is 0 Å². The van der Waals surface area contributed by atoms with Gasteiger partial charge in [0.2, 0.25) is 5.91 Å². The quantitative estimate of drug-likeness (QED) is 0.0862. The summed E-state index contributed by atoms with van der Waals surface area (Å²) in [4.78, 5) is 12.6. The summed E-state index contributed by atoms with van der Waals surface area (Å²) in [6, 6.07) is 9.80. The summed E-state index contributed by atoms with van der Waals surface area (Å²) in [6.45, 7) is 5.66. The number of aliphatic hydroxyl groups is 2. The van der Waals surface area contributed by atoms with Crippen molar-refractivity contribution in [3.8, 4) is 0 Å². The highest BCUT2D eigenvalue weighted by atomic mass is 16.3. The molecule has 0 bridgehead atoms. The molecular weight excluding hydrogens is 484 g/mol. The molecule has 0 aliphatic heterocycles. The third kappa shape index (κ3) is 20.2. The Kier molecular flexibility index (Phi) is 23.3. The van der Waals surface area contributed by atoms with E-state index in [1.54, 1.807) is 0 Å². The maximum atomic E-state index is 12.6. The molecule has 3 atom stereocenters. The fourth-order valence-electron chi connectivity index (χ4n) is 5.19. The molecule has 3 unspecified atom stereocenters. The number of nitrogens with one attached hydrogen (secondary N) is 2. The van der Waals surface area contributed by atoms with Gasteiger partial charge in [0.25, 0.3) is 0 Å². The van der Waals surface area contributed by atoms with Crippen LogP contribution in [0.25, 0.3) is 0 Å². The van der Waals surface area contributed by atoms with Crippen molar-refractivity contribution in [3.63, 3.8) is 0 Å². The van der Waals surface area contributed by atoms with E-state index in [1.807, 2.05) is 18.2 Å². The molecule has 5 heteroatoms. The first-order chi connectivity index (χ1) is 19.1. The van der Waals surface area contributed by atoms with Gasteiger partial charge in [-0.2, -0.15) is 0 Å². The standard InChI is InChI=1S/C34H62N2O3/c1-3-5-7-9-10-11-12-13-14-15-17-21-25-32(37)34(39)31(36-33(38)26-22-16-8-6-4-2)29-35-28-27-30-23-19-18-20-24-30/h18-20,23-24,31-32,34-35,37,39H,3-17,21-22,25-29H2,1-2H3,(H,36,38). The molecule has 0 heterocycles. The molecule has 1 aromatic carbocycles. The van der Waals surface area contributed by atoms with Crippen LogP contribution in [0, 0.1) is 0 Å². The lowest BCUT2D eigenvalue weighted by Crippen LogP contribution is -2.53. The zero-order valence-corrected chi connectivity index (χ0v) is 25.5. The molecule has 0 radical (unpaired) electrons. The number of hydrogen-bond donors (Lipinski definition) is 4. The minimum Gasteiger partial charge on any atom is -0.390 e. The van der Waals surface area contributed by atoms with Gasteiger partial charge in [-0.3, -0.25) is 4.79 Å². The van der Waals surface area contributed by atoms with Crippen LogP contribution in [-0.4, -0.2) is 47.5 Å². The Bertz CT molecular complexity index is 670. The van der Waals surface area contributed by atoms with Crippen LogP contribution in [0.4, 0.5) is 0 Å². The van der Waals surface area contributed by atoms with E-state index in [0.29, 0.717) is 19.4 Å². The van der Waals surface area contributed by atoms with E-state index >= 15 is 0 Å². The van der Waals surface area contributed by atoms with Gasteiger partial charge in [-0.05, 0) is 31.4 Å². The lowest BCUT2D eigenvalue weighted by molar-refractivity contribution is -0.123. The molecule has 1 rings (SSSR count). The van der Waals surface area contributed by atoms with E-state index < -0.39 is 18.2 Å². The number of benzene rings is 1. The second-order valence-electron chi connectivity index (χ2n) is 11.5. The Hall–Kier alpha value is -1.43. The number of carbonyl (C=O) groups excluding carboxylic acids is 1. The maximum absolute atomic E-state index is 12.6. The zero-order chi connectivity index (χ0) is 28.4. The number of amides is 1. The molecule has 39 heavy (non-hydrogen) atoms. The minimum atomic E-state index is -0.967. The van der Waals surface area contributed by atoms with Gasteiger partial charge in [0.1, 0.15) is 6.10 Å². The normalized spacial score (nSPS) is 13.7. The lowest BCUT2D eigenvalue weighted by atomic mass is 9.98. The molecule has 0 aromatic heterocycles. The Morgan fingerprint density at radius 3 is 1.79 bits per heavy atom. The Morgan fingerprint density at radius 1 is 0.718 bits per heavy atom. The Labute approximate surface area is 240 Å². The van der Waals surface area contributed by atoms with Crippen molar-refractivity contribution < 1.29 is 15.0 Å². The zero-order valence-electron chi connectivity index (χ0n) is 25.5. The molecule has 1 aromatic rings. The van der Waals surface area contributed by atoms with Crippen LogP contribution in [0.1, 0.15) is 141 Å². The molecule has 4 N–H and O–H groups in total. The van der Waals surface area contributed by atoms with Crippen molar-refractivity contribution in [1.82, 2.24) is 10.6 Å². The Morgan fingerprint density at radius 2 is 1.23 bits per heavy atom. The number of unbranched alkanes of at least 4 members (excludes halogenated alkanes) is 15. The number of aliphatic hydroxyl groups excluding tert-OH is 2. The van der Waals surface area contributed by atoms with E-state index in [9.17, 15) is 15.0 Å². The molecule has 0 fully saturated rings. The van der Waals surface area contributed by atoms with E-state index in [4.69, 9.17) is 0 Å². The van der Waals surface area contributed by atoms with Crippen LogP contribution in [-0.2, 0) is 11.2 Å². The summed E-state index contributed by atoms with van der Waals surface area (Å²) in [5.41, 5.74) is 1.25. The van der Waals surface area contributed by atoms with E-state index in [-0.39, 0.29) is 5.91 Å². The molecule has 0 aliphatic carbocycles. The average Bonchev–Trinajstić information content (AvgIpc) is 2.95. The second kappa shape index (κ2) is 25.5. The van der Waals surface area contributed by atoms with Gasteiger partial charge < -0.3 is 20.8 Å². The Balaban J connectivity index is 2.33. The van der Waals surface area contributed by atoms with Crippen molar-refractivity contribution in [3.05, 3.63) is 35.9 Å². The monoisotopic (exact) mass is 546 g/mol. The van der Waals surface area contributed by atoms with Crippen LogP contribution in [0.15, 0.2) is 30.3 Å². The third-order valence-electron chi connectivity index (χ3n) is 7.81. The highest BCUT2D eigenvalue weighted by Gasteiger charge is 2.27. The predicted octanol–water partition coefficient (Wildman–Crippen LogP) is 7.48. The van der Waals surface area contributed by atoms with Crippen molar-refractivity contribution >= 4 is 5.91 Å². The van der Waals surface area contributed by atoms with Crippen LogP contribution in [0.2, 0.25) is 0 Å². The maximum Gasteiger partial charge on any atom is 0.220 e. The smallest absolute Gasteiger partial charge is 0.220 e. The molecule has 0 spiro atoms. The van der Waals surface area contributed by atoms with E-state index in [1.165, 1.54) is 82.6 Å². The van der Waals surface area contributed by atoms with Crippen molar-refractivity contribution in [1.29, 1.82) is 0 Å². The topological polar surface area (TPSA) is 81.6 Å². The van der Waals surface area contributed by atoms with Crippen molar-refractivity contribution in [2.24, 2.45) is 0 Å². The van der Waals surface area contributed by atoms with Gasteiger partial charge >= 0.3 is 0 Å². The largest absolute Gasteiger partial charge is 0.390 e. The van der Waals surface area contributed by atoms with Gasteiger partial charge in [-0.1, -0.05) is 147 Å². The molecule has 1 amide bonds. The first-order valence-corrected chi connectivity index (χ1v) is 16.5. The first-order valence-electron chi connectivity index (χ1n) is 16.5. The third-order valence-corrected chi connectivity index (χ3v) is 7.81. The fourth-order valence-corrected chi connectivity index (χ4v) is 5.19. The molecular formula is C34H62N2O3. The van der Waals surface area contributed by atoms with Crippen molar-refractivity contribution in [2.45, 2.75) is 161 Å². The van der Waals surface area contributed by atoms with E-state index in [2.05, 4.69) is 36.6 Å². The number of hydrogen-bond acceptors (Lipinski definition) is 4. The summed E-state index contributed by atoms with van der Waals surface area (Å²) in [7, 11) is 0. The van der Waals surface area contributed by atoms with Crippen LogP contribution in [0.5, 0.6) is 0 Å². The van der Waals surface area contributed by atoms with Gasteiger partial charge in [-0.25, -0.2) is 0 Å². The lowest BCUT2D eigenvalue weighted by Gasteiger charge is -2.28. The number of rotatable bonds is 27. The minimum absolute atomic E-state index is 0.0297. The highest BCUT2D eigenvalue weighted by Crippen LogP contribution is 2.15. The molecule has 5 nitrogen and oxygen atoms in total. The molecule has 0 saturated carbocycles. The highest BCUT2D eigenvalue weighted by molar-refractivity contribution is 5.76. The fraction of sp³-hybridized carbons (Fsp3) is 0.794. The molecule has 0 saturated heterocycles. The van der Waals surface area contributed by atoms with Gasteiger partial charge in [-0.15, -0.1) is 0 Å². The summed E-state index contributed by atoms with van der Waals surface area (Å²) in [6.07, 6.45) is 20.9. The number of carbonyl (C=O) groups is 1. The first kappa shape index (κ1) is 35.6. The molecule has 226 valence electrons. The van der Waals surface area contributed by atoms with Crippen LogP contribution >= 0.6 is 0 Å². The SMILES string of the molecule is CCCCCCCCCCCCCCC(O)C(O)C(CNCCc1ccccc1)NC(=O)CCCCCCC. The van der Waals surface area contributed by atoms with Gasteiger partial charge in [0.15, 0.2) is 0 Å². The van der Waals surface area contributed by atoms with Gasteiger partial charge in [0.05, 0.1) is 12.1 Å².